The number of aromatic nitrogens is 3. The molecule has 0 fully saturated rings. The molecular weight excluding hydrogens is 356 g/mol. The number of benzene rings is 1. The molecule has 1 N–H and O–H groups in total. The highest BCUT2D eigenvalue weighted by atomic mass is 32.2. The lowest BCUT2D eigenvalue weighted by Gasteiger charge is -2.03. The van der Waals surface area contributed by atoms with Gasteiger partial charge in [-0.2, -0.15) is 0 Å². The van der Waals surface area contributed by atoms with Gasteiger partial charge in [-0.25, -0.2) is 4.98 Å². The van der Waals surface area contributed by atoms with Crippen LogP contribution in [0.2, 0.25) is 0 Å². The third-order valence-electron chi connectivity index (χ3n) is 3.30. The van der Waals surface area contributed by atoms with Crippen molar-refractivity contribution in [2.75, 3.05) is 19.0 Å². The van der Waals surface area contributed by atoms with Gasteiger partial charge in [0.2, 0.25) is 11.0 Å². The van der Waals surface area contributed by atoms with Gasteiger partial charge in [-0.15, -0.1) is 10.2 Å². The maximum Gasteiger partial charge on any atom is 0.226 e. The van der Waals surface area contributed by atoms with Crippen LogP contribution < -0.4 is 10.1 Å². The van der Waals surface area contributed by atoms with Crippen molar-refractivity contribution in [3.8, 4) is 17.2 Å². The quantitative estimate of drug-likeness (QED) is 0.578. The fourth-order valence-corrected chi connectivity index (χ4v) is 3.64. The smallest absolute Gasteiger partial charge is 0.226 e. The van der Waals surface area contributed by atoms with Gasteiger partial charge in [0.15, 0.2) is 4.34 Å². The number of oxazole rings is 1. The second kappa shape index (κ2) is 8.35. The molecule has 0 amide bonds. The maximum absolute atomic E-state index is 5.57. The molecule has 2 aromatic heterocycles. The van der Waals surface area contributed by atoms with Gasteiger partial charge in [0.25, 0.3) is 0 Å². The van der Waals surface area contributed by atoms with Crippen LogP contribution in [0.25, 0.3) is 11.5 Å². The minimum absolute atomic E-state index is 0.575. The standard InChI is InChI=1S/C17H20N4O2S2/c1-11(2)8-18-16-20-21-17(25-16)24-10-13-9-23-15(19-13)12-4-6-14(22-3)7-5-12/h4-7,9,11H,8,10H2,1-3H3,(H,18,20). The van der Waals surface area contributed by atoms with Crippen LogP contribution in [0.1, 0.15) is 19.5 Å². The summed E-state index contributed by atoms with van der Waals surface area (Å²) in [6, 6.07) is 7.64. The summed E-state index contributed by atoms with van der Waals surface area (Å²) in [4.78, 5) is 4.53. The van der Waals surface area contributed by atoms with E-state index in [-0.39, 0.29) is 0 Å². The summed E-state index contributed by atoms with van der Waals surface area (Å²) < 4.78 is 11.6. The van der Waals surface area contributed by atoms with E-state index >= 15 is 0 Å². The summed E-state index contributed by atoms with van der Waals surface area (Å²) >= 11 is 3.16. The van der Waals surface area contributed by atoms with Crippen molar-refractivity contribution in [3.63, 3.8) is 0 Å². The van der Waals surface area contributed by atoms with Crippen molar-refractivity contribution >= 4 is 28.2 Å². The number of hydrogen-bond donors (Lipinski definition) is 1. The van der Waals surface area contributed by atoms with Crippen LogP contribution in [0.3, 0.4) is 0 Å². The second-order valence-corrected chi connectivity index (χ2v) is 8.01. The Morgan fingerprint density at radius 2 is 2.04 bits per heavy atom. The zero-order valence-electron chi connectivity index (χ0n) is 14.4. The lowest BCUT2D eigenvalue weighted by Crippen LogP contribution is -2.07. The fraction of sp³-hybridized carbons (Fsp3) is 0.353. The molecule has 6 nitrogen and oxygen atoms in total. The van der Waals surface area contributed by atoms with Crippen molar-refractivity contribution < 1.29 is 9.15 Å². The summed E-state index contributed by atoms with van der Waals surface area (Å²) in [5, 5.41) is 12.5. The first-order chi connectivity index (χ1) is 12.1. The number of nitrogens with one attached hydrogen (secondary N) is 1. The van der Waals surface area contributed by atoms with Gasteiger partial charge in [-0.1, -0.05) is 36.9 Å². The van der Waals surface area contributed by atoms with Crippen LogP contribution in [0, 0.1) is 5.92 Å². The number of thioether (sulfide) groups is 1. The highest BCUT2D eigenvalue weighted by Gasteiger charge is 2.10. The van der Waals surface area contributed by atoms with Gasteiger partial charge in [0.05, 0.1) is 12.8 Å². The summed E-state index contributed by atoms with van der Waals surface area (Å²) in [7, 11) is 1.65. The molecule has 3 aromatic rings. The number of nitrogens with zero attached hydrogens (tertiary/aromatic N) is 3. The molecule has 8 heteroatoms. The summed E-state index contributed by atoms with van der Waals surface area (Å²) in [6.45, 7) is 5.22. The number of rotatable bonds is 8. The molecular formula is C17H20N4O2S2. The van der Waals surface area contributed by atoms with Crippen LogP contribution in [0.4, 0.5) is 5.13 Å². The first kappa shape index (κ1) is 17.8. The Morgan fingerprint density at radius 3 is 2.76 bits per heavy atom. The SMILES string of the molecule is COc1ccc(-c2nc(CSc3nnc(NCC(C)C)s3)co2)cc1. The Balaban J connectivity index is 1.56. The third kappa shape index (κ3) is 4.96. The van der Waals surface area contributed by atoms with Gasteiger partial charge in [0.1, 0.15) is 12.0 Å². The Bertz CT molecular complexity index is 799. The molecule has 2 heterocycles. The normalized spacial score (nSPS) is 11.0. The zero-order chi connectivity index (χ0) is 17.6. The average molecular weight is 377 g/mol. The Kier molecular flexibility index (Phi) is 5.93. The van der Waals surface area contributed by atoms with Gasteiger partial charge in [0, 0.05) is 17.9 Å². The van der Waals surface area contributed by atoms with Gasteiger partial charge < -0.3 is 14.5 Å². The van der Waals surface area contributed by atoms with Gasteiger partial charge in [-0.3, -0.25) is 0 Å². The third-order valence-corrected chi connectivity index (χ3v) is 5.35. The molecule has 132 valence electrons. The molecule has 0 aliphatic heterocycles. The molecule has 0 bridgehead atoms. The summed E-state index contributed by atoms with van der Waals surface area (Å²) in [6.07, 6.45) is 1.69. The molecule has 0 unspecified atom stereocenters. The molecule has 0 aliphatic carbocycles. The van der Waals surface area contributed by atoms with Crippen molar-refractivity contribution in [2.24, 2.45) is 5.92 Å². The number of ether oxygens (including phenoxy) is 1. The molecule has 0 saturated heterocycles. The molecule has 0 aliphatic rings. The predicted molar refractivity (Wildman–Crippen MR) is 101 cm³/mol. The highest BCUT2D eigenvalue weighted by Crippen LogP contribution is 2.29. The number of hydrogen-bond acceptors (Lipinski definition) is 8. The summed E-state index contributed by atoms with van der Waals surface area (Å²) in [5.41, 5.74) is 1.80. The van der Waals surface area contributed by atoms with E-state index in [4.69, 9.17) is 9.15 Å². The molecule has 0 atom stereocenters. The monoisotopic (exact) mass is 376 g/mol. The van der Waals surface area contributed by atoms with E-state index < -0.39 is 0 Å². The Labute approximate surface area is 155 Å². The highest BCUT2D eigenvalue weighted by molar-refractivity contribution is 8.00. The minimum Gasteiger partial charge on any atom is -0.497 e. The van der Waals surface area contributed by atoms with E-state index in [2.05, 4.69) is 34.3 Å². The van der Waals surface area contributed by atoms with Gasteiger partial charge in [-0.05, 0) is 30.2 Å². The largest absolute Gasteiger partial charge is 0.497 e. The number of anilines is 1. The van der Waals surface area contributed by atoms with Crippen molar-refractivity contribution in [1.29, 1.82) is 0 Å². The van der Waals surface area contributed by atoms with Crippen molar-refractivity contribution in [2.45, 2.75) is 23.9 Å². The molecule has 3 rings (SSSR count). The molecule has 1 aromatic carbocycles. The fourth-order valence-electron chi connectivity index (χ4n) is 2.01. The van der Waals surface area contributed by atoms with Crippen LogP contribution in [0.5, 0.6) is 5.75 Å². The van der Waals surface area contributed by atoms with Crippen molar-refractivity contribution in [3.05, 3.63) is 36.2 Å². The Hall–Kier alpha value is -2.06. The molecule has 0 spiro atoms. The van der Waals surface area contributed by atoms with E-state index in [0.29, 0.717) is 17.6 Å². The molecule has 0 radical (unpaired) electrons. The summed E-state index contributed by atoms with van der Waals surface area (Å²) in [5.74, 6) is 2.68. The predicted octanol–water partition coefficient (Wildman–Crippen LogP) is 4.56. The van der Waals surface area contributed by atoms with E-state index in [9.17, 15) is 0 Å². The van der Waals surface area contributed by atoms with Crippen LogP contribution in [-0.4, -0.2) is 28.8 Å². The van der Waals surface area contributed by atoms with E-state index in [1.807, 2.05) is 24.3 Å². The van der Waals surface area contributed by atoms with Crippen LogP contribution in [-0.2, 0) is 5.75 Å². The maximum atomic E-state index is 5.57. The van der Waals surface area contributed by atoms with Crippen LogP contribution >= 0.6 is 23.1 Å². The molecule has 25 heavy (non-hydrogen) atoms. The topological polar surface area (TPSA) is 73.1 Å². The first-order valence-corrected chi connectivity index (χ1v) is 9.73. The van der Waals surface area contributed by atoms with Gasteiger partial charge >= 0.3 is 0 Å². The van der Waals surface area contributed by atoms with E-state index in [1.54, 1.807) is 36.5 Å². The zero-order valence-corrected chi connectivity index (χ0v) is 16.0. The molecule has 0 saturated carbocycles. The average Bonchev–Trinajstić information content (AvgIpc) is 3.27. The van der Waals surface area contributed by atoms with Crippen molar-refractivity contribution in [1.82, 2.24) is 15.2 Å². The lowest BCUT2D eigenvalue weighted by atomic mass is 10.2. The van der Waals surface area contributed by atoms with E-state index in [1.165, 1.54) is 0 Å². The Morgan fingerprint density at radius 1 is 1.24 bits per heavy atom. The minimum atomic E-state index is 0.575. The first-order valence-electron chi connectivity index (χ1n) is 7.93. The van der Waals surface area contributed by atoms with E-state index in [0.717, 1.165) is 33.0 Å². The second-order valence-electron chi connectivity index (χ2n) is 5.81. The lowest BCUT2D eigenvalue weighted by molar-refractivity contribution is 0.415. The van der Waals surface area contributed by atoms with Crippen LogP contribution in [0.15, 0.2) is 39.3 Å². The number of methoxy groups -OCH3 is 1.